The minimum atomic E-state index is -0.875. The van der Waals surface area contributed by atoms with E-state index in [0.717, 1.165) is 16.7 Å². The van der Waals surface area contributed by atoms with Crippen molar-refractivity contribution in [2.75, 3.05) is 5.32 Å². The van der Waals surface area contributed by atoms with Crippen LogP contribution >= 0.6 is 0 Å². The monoisotopic (exact) mass is 323 g/mol. The van der Waals surface area contributed by atoms with Gasteiger partial charge >= 0.3 is 5.97 Å². The lowest BCUT2D eigenvalue weighted by atomic mass is 10.1. The fourth-order valence-corrected chi connectivity index (χ4v) is 2.06. The molecule has 1 amide bonds. The van der Waals surface area contributed by atoms with Crippen molar-refractivity contribution in [2.45, 2.75) is 26.9 Å². The van der Waals surface area contributed by atoms with Crippen molar-refractivity contribution in [2.24, 2.45) is 0 Å². The van der Waals surface area contributed by atoms with E-state index in [-0.39, 0.29) is 5.91 Å². The first-order valence-corrected chi connectivity index (χ1v) is 7.77. The van der Waals surface area contributed by atoms with Crippen molar-refractivity contribution in [1.82, 2.24) is 0 Å². The second-order valence-electron chi connectivity index (χ2n) is 5.63. The molecule has 0 aromatic heterocycles. The van der Waals surface area contributed by atoms with Crippen LogP contribution in [0.2, 0.25) is 0 Å². The molecule has 0 heterocycles. The van der Waals surface area contributed by atoms with Gasteiger partial charge < -0.3 is 10.1 Å². The summed E-state index contributed by atoms with van der Waals surface area (Å²) in [6.07, 6.45) is 2.11. The maximum Gasteiger partial charge on any atom is 0.331 e. The fraction of sp³-hybridized carbons (Fsp3) is 0.200. The number of carbonyl (C=O) groups is 2. The van der Waals surface area contributed by atoms with Gasteiger partial charge in [0.25, 0.3) is 5.91 Å². The number of anilines is 1. The van der Waals surface area contributed by atoms with Gasteiger partial charge in [0.2, 0.25) is 0 Å². The molecule has 0 fully saturated rings. The molecule has 0 aliphatic carbocycles. The van der Waals surface area contributed by atoms with Crippen LogP contribution < -0.4 is 5.32 Å². The van der Waals surface area contributed by atoms with Crippen LogP contribution in [0.5, 0.6) is 0 Å². The maximum atomic E-state index is 12.1. The number of para-hydroxylation sites is 1. The minimum absolute atomic E-state index is 0.360. The first-order chi connectivity index (χ1) is 11.5. The number of hydrogen-bond donors (Lipinski definition) is 1. The highest BCUT2D eigenvalue weighted by Crippen LogP contribution is 2.14. The van der Waals surface area contributed by atoms with Crippen molar-refractivity contribution in [1.29, 1.82) is 0 Å². The van der Waals surface area contributed by atoms with Crippen LogP contribution in [0.1, 0.15) is 23.6 Å². The number of aryl methyl sites for hydroxylation is 2. The van der Waals surface area contributed by atoms with Gasteiger partial charge in [-0.15, -0.1) is 0 Å². The summed E-state index contributed by atoms with van der Waals surface area (Å²) in [5.74, 6) is -0.913. The molecule has 4 nitrogen and oxygen atoms in total. The third kappa shape index (κ3) is 5.09. The molecule has 2 aromatic rings. The van der Waals surface area contributed by atoms with Gasteiger partial charge in [-0.2, -0.15) is 0 Å². The molecule has 1 atom stereocenters. The second kappa shape index (κ2) is 8.11. The van der Waals surface area contributed by atoms with Crippen LogP contribution in [0.15, 0.2) is 54.6 Å². The molecule has 0 aliphatic heterocycles. The number of benzene rings is 2. The predicted molar refractivity (Wildman–Crippen MR) is 95.6 cm³/mol. The molecule has 0 saturated carbocycles. The van der Waals surface area contributed by atoms with Gasteiger partial charge in [-0.05, 0) is 44.0 Å². The Balaban J connectivity index is 1.90. The number of carbonyl (C=O) groups excluding carboxylic acids is 2. The molecule has 124 valence electrons. The third-order valence-electron chi connectivity index (χ3n) is 3.55. The standard InChI is InChI=1S/C20H21NO3/c1-14-8-10-17(11-9-14)12-13-19(22)24-16(3)20(23)21-18-7-5-4-6-15(18)2/h4-13,16H,1-3H3,(H,21,23)/b13-12+/t16-/m1/s1. The molecule has 2 aromatic carbocycles. The molecule has 0 aliphatic rings. The summed E-state index contributed by atoms with van der Waals surface area (Å²) in [6.45, 7) is 5.44. The summed E-state index contributed by atoms with van der Waals surface area (Å²) < 4.78 is 5.13. The highest BCUT2D eigenvalue weighted by Gasteiger charge is 2.17. The van der Waals surface area contributed by atoms with Gasteiger partial charge in [-0.25, -0.2) is 4.79 Å². The van der Waals surface area contributed by atoms with E-state index >= 15 is 0 Å². The Morgan fingerprint density at radius 3 is 2.38 bits per heavy atom. The van der Waals surface area contributed by atoms with E-state index in [9.17, 15) is 9.59 Å². The average Bonchev–Trinajstić information content (AvgIpc) is 2.56. The number of nitrogens with one attached hydrogen (secondary N) is 1. The number of hydrogen-bond acceptors (Lipinski definition) is 3. The summed E-state index contributed by atoms with van der Waals surface area (Å²) in [6, 6.07) is 15.2. The summed E-state index contributed by atoms with van der Waals surface area (Å²) in [5.41, 5.74) is 3.70. The molecule has 0 bridgehead atoms. The van der Waals surface area contributed by atoms with Crippen LogP contribution in [-0.2, 0) is 14.3 Å². The topological polar surface area (TPSA) is 55.4 Å². The summed E-state index contributed by atoms with van der Waals surface area (Å²) in [5, 5.41) is 2.76. The SMILES string of the molecule is Cc1ccc(/C=C/C(=O)O[C@H](C)C(=O)Nc2ccccc2C)cc1. The summed E-state index contributed by atoms with van der Waals surface area (Å²) in [7, 11) is 0. The number of ether oxygens (including phenoxy) is 1. The third-order valence-corrected chi connectivity index (χ3v) is 3.55. The largest absolute Gasteiger partial charge is 0.449 e. The van der Waals surface area contributed by atoms with Crippen LogP contribution in [0.4, 0.5) is 5.69 Å². The van der Waals surface area contributed by atoms with Crippen LogP contribution in [-0.4, -0.2) is 18.0 Å². The molecule has 0 unspecified atom stereocenters. The number of amides is 1. The smallest absolute Gasteiger partial charge is 0.331 e. The number of rotatable bonds is 5. The van der Waals surface area contributed by atoms with E-state index < -0.39 is 12.1 Å². The van der Waals surface area contributed by atoms with Crippen molar-refractivity contribution < 1.29 is 14.3 Å². The van der Waals surface area contributed by atoms with Crippen molar-refractivity contribution in [3.8, 4) is 0 Å². The molecular formula is C20H21NO3. The Morgan fingerprint density at radius 1 is 1.04 bits per heavy atom. The lowest BCUT2D eigenvalue weighted by Crippen LogP contribution is -2.29. The maximum absolute atomic E-state index is 12.1. The van der Waals surface area contributed by atoms with Gasteiger partial charge in [0, 0.05) is 11.8 Å². The van der Waals surface area contributed by atoms with E-state index in [4.69, 9.17) is 4.74 Å². The minimum Gasteiger partial charge on any atom is -0.449 e. The first kappa shape index (κ1) is 17.5. The summed E-state index contributed by atoms with van der Waals surface area (Å²) in [4.78, 5) is 23.9. The molecule has 0 radical (unpaired) electrons. The Bertz CT molecular complexity index is 748. The predicted octanol–water partition coefficient (Wildman–Crippen LogP) is 3.89. The van der Waals surface area contributed by atoms with Crippen LogP contribution in [0, 0.1) is 13.8 Å². The highest BCUT2D eigenvalue weighted by molar-refractivity contribution is 5.97. The fourth-order valence-electron chi connectivity index (χ4n) is 2.06. The molecule has 0 spiro atoms. The average molecular weight is 323 g/mol. The van der Waals surface area contributed by atoms with Gasteiger partial charge in [0.15, 0.2) is 6.10 Å². The van der Waals surface area contributed by atoms with Crippen molar-refractivity contribution in [3.63, 3.8) is 0 Å². The Labute approximate surface area is 142 Å². The molecule has 24 heavy (non-hydrogen) atoms. The van der Waals surface area contributed by atoms with Gasteiger partial charge in [-0.1, -0.05) is 48.0 Å². The van der Waals surface area contributed by atoms with Crippen LogP contribution in [0.25, 0.3) is 6.08 Å². The normalized spacial score (nSPS) is 12.0. The van der Waals surface area contributed by atoms with E-state index in [1.165, 1.54) is 6.08 Å². The highest BCUT2D eigenvalue weighted by atomic mass is 16.5. The Morgan fingerprint density at radius 2 is 1.71 bits per heavy atom. The molecular weight excluding hydrogens is 302 g/mol. The zero-order valence-corrected chi connectivity index (χ0v) is 14.1. The molecule has 0 saturated heterocycles. The van der Waals surface area contributed by atoms with E-state index in [1.54, 1.807) is 19.1 Å². The lowest BCUT2D eigenvalue weighted by Gasteiger charge is -2.13. The van der Waals surface area contributed by atoms with Crippen LogP contribution in [0.3, 0.4) is 0 Å². The van der Waals surface area contributed by atoms with Gasteiger partial charge in [-0.3, -0.25) is 4.79 Å². The van der Waals surface area contributed by atoms with E-state index in [1.807, 2.05) is 56.3 Å². The molecule has 4 heteroatoms. The van der Waals surface area contributed by atoms with Crippen molar-refractivity contribution in [3.05, 3.63) is 71.3 Å². The zero-order chi connectivity index (χ0) is 17.5. The first-order valence-electron chi connectivity index (χ1n) is 7.77. The zero-order valence-electron chi connectivity index (χ0n) is 14.1. The Kier molecular flexibility index (Phi) is 5.90. The van der Waals surface area contributed by atoms with E-state index in [0.29, 0.717) is 5.69 Å². The summed E-state index contributed by atoms with van der Waals surface area (Å²) >= 11 is 0. The Hall–Kier alpha value is -2.88. The second-order valence-corrected chi connectivity index (χ2v) is 5.63. The lowest BCUT2D eigenvalue weighted by molar-refractivity contribution is -0.148. The molecule has 1 N–H and O–H groups in total. The van der Waals surface area contributed by atoms with Gasteiger partial charge in [0.05, 0.1) is 0 Å². The molecule has 2 rings (SSSR count). The quantitative estimate of drug-likeness (QED) is 0.671. The number of esters is 1. The van der Waals surface area contributed by atoms with Gasteiger partial charge in [0.1, 0.15) is 0 Å². The van der Waals surface area contributed by atoms with Crippen molar-refractivity contribution >= 4 is 23.6 Å². The van der Waals surface area contributed by atoms with E-state index in [2.05, 4.69) is 5.32 Å².